The van der Waals surface area contributed by atoms with Crippen molar-refractivity contribution in [2.75, 3.05) is 18.9 Å². The number of rotatable bonds is 7. The minimum atomic E-state index is -0.0261. The van der Waals surface area contributed by atoms with E-state index < -0.39 is 0 Å². The molecule has 0 aliphatic carbocycles. The maximum Gasteiger partial charge on any atom is 0.253 e. The van der Waals surface area contributed by atoms with Gasteiger partial charge >= 0.3 is 0 Å². The Kier molecular flexibility index (Phi) is 6.77. The molecule has 36 heavy (non-hydrogen) atoms. The first-order chi connectivity index (χ1) is 17.5. The summed E-state index contributed by atoms with van der Waals surface area (Å²) in [5, 5.41) is 8.08. The lowest BCUT2D eigenvalue weighted by Crippen LogP contribution is -2.28. The van der Waals surface area contributed by atoms with Gasteiger partial charge in [-0.15, -0.1) is 0 Å². The number of nitrogens with zero attached hydrogens (tertiary/aromatic N) is 5. The highest BCUT2D eigenvalue weighted by atomic mass is 79.9. The number of hydrogen-bond donors (Lipinski definition) is 1. The molecule has 1 amide bonds. The second-order valence-corrected chi connectivity index (χ2v) is 9.32. The molecule has 0 aliphatic rings. The van der Waals surface area contributed by atoms with Crippen LogP contribution in [0.5, 0.6) is 0 Å². The molecule has 7 nitrogen and oxygen atoms in total. The molecule has 0 saturated heterocycles. The number of anilines is 2. The number of nitrogens with one attached hydrogen (secondary N) is 1. The Balaban J connectivity index is 1.36. The van der Waals surface area contributed by atoms with E-state index in [0.29, 0.717) is 18.5 Å². The zero-order chi connectivity index (χ0) is 25.1. The standard InChI is InChI=1S/C28H25BrN6O/c1-19-26(29)27-32-24(20-8-4-3-5-9-20)18-25(35(27)33-19)31-23-13-11-21(12-14-23)28(36)34(2)17-15-22-10-6-7-16-30-22/h3-14,16,18,31H,15,17H2,1-2H3. The van der Waals surface area contributed by atoms with Gasteiger partial charge in [0.05, 0.1) is 15.9 Å². The summed E-state index contributed by atoms with van der Waals surface area (Å²) in [7, 11) is 1.81. The number of carbonyl (C=O) groups is 1. The van der Waals surface area contributed by atoms with E-state index in [1.54, 1.807) is 15.6 Å². The quantitative estimate of drug-likeness (QED) is 0.277. The molecule has 0 unspecified atom stereocenters. The van der Waals surface area contributed by atoms with Crippen molar-refractivity contribution >= 4 is 39.0 Å². The lowest BCUT2D eigenvalue weighted by molar-refractivity contribution is 0.0796. The van der Waals surface area contributed by atoms with Gasteiger partial charge in [-0.05, 0) is 59.3 Å². The van der Waals surface area contributed by atoms with Crippen LogP contribution in [0.25, 0.3) is 16.9 Å². The van der Waals surface area contributed by atoms with E-state index in [9.17, 15) is 4.79 Å². The molecule has 0 spiro atoms. The number of likely N-dealkylation sites (N-methyl/N-ethyl adjacent to an activating group) is 1. The molecule has 0 aliphatic heterocycles. The van der Waals surface area contributed by atoms with Crippen LogP contribution in [0.3, 0.4) is 0 Å². The summed E-state index contributed by atoms with van der Waals surface area (Å²) in [5.74, 6) is 0.751. The minimum Gasteiger partial charge on any atom is -0.341 e. The summed E-state index contributed by atoms with van der Waals surface area (Å²) >= 11 is 3.62. The number of aromatic nitrogens is 4. The molecule has 180 valence electrons. The first-order valence-electron chi connectivity index (χ1n) is 11.6. The van der Waals surface area contributed by atoms with Gasteiger partial charge in [0.25, 0.3) is 5.91 Å². The van der Waals surface area contributed by atoms with Crippen molar-refractivity contribution in [2.45, 2.75) is 13.3 Å². The fourth-order valence-corrected chi connectivity index (χ4v) is 4.27. The third-order valence-corrected chi connectivity index (χ3v) is 6.87. The van der Waals surface area contributed by atoms with Gasteiger partial charge < -0.3 is 10.2 Å². The van der Waals surface area contributed by atoms with E-state index in [1.807, 2.05) is 92.8 Å². The van der Waals surface area contributed by atoms with Gasteiger partial charge in [0.15, 0.2) is 5.65 Å². The predicted molar refractivity (Wildman–Crippen MR) is 145 cm³/mol. The average Bonchev–Trinajstić information content (AvgIpc) is 3.22. The maximum atomic E-state index is 12.9. The molecule has 3 aromatic heterocycles. The number of fused-ring (bicyclic) bond motifs is 1. The molecule has 2 aromatic carbocycles. The molecule has 8 heteroatoms. The van der Waals surface area contributed by atoms with E-state index in [4.69, 9.17) is 4.98 Å². The Morgan fingerprint density at radius 1 is 1.03 bits per heavy atom. The third kappa shape index (κ3) is 4.99. The Morgan fingerprint density at radius 3 is 2.50 bits per heavy atom. The van der Waals surface area contributed by atoms with Crippen molar-refractivity contribution in [1.82, 2.24) is 24.5 Å². The first kappa shape index (κ1) is 23.7. The van der Waals surface area contributed by atoms with Crippen LogP contribution < -0.4 is 5.32 Å². The van der Waals surface area contributed by atoms with Crippen molar-refractivity contribution in [2.24, 2.45) is 0 Å². The number of aryl methyl sites for hydroxylation is 1. The number of benzene rings is 2. The summed E-state index contributed by atoms with van der Waals surface area (Å²) in [4.78, 5) is 23.8. The molecule has 0 saturated carbocycles. The van der Waals surface area contributed by atoms with Crippen molar-refractivity contribution in [3.8, 4) is 11.3 Å². The number of pyridine rings is 1. The summed E-state index contributed by atoms with van der Waals surface area (Å²) in [6.07, 6.45) is 2.48. The molecular formula is C28H25BrN6O. The summed E-state index contributed by atoms with van der Waals surface area (Å²) in [6, 6.07) is 25.3. The largest absolute Gasteiger partial charge is 0.341 e. The van der Waals surface area contributed by atoms with Crippen molar-refractivity contribution < 1.29 is 4.79 Å². The van der Waals surface area contributed by atoms with Crippen molar-refractivity contribution in [1.29, 1.82) is 0 Å². The second kappa shape index (κ2) is 10.3. The SMILES string of the molecule is Cc1nn2c(Nc3ccc(C(=O)N(C)CCc4ccccn4)cc3)cc(-c3ccccc3)nc2c1Br. The van der Waals surface area contributed by atoms with Gasteiger partial charge in [-0.2, -0.15) is 9.61 Å². The van der Waals surface area contributed by atoms with E-state index in [1.165, 1.54) is 0 Å². The summed E-state index contributed by atoms with van der Waals surface area (Å²) in [6.45, 7) is 2.54. The van der Waals surface area contributed by atoms with Crippen LogP contribution in [0.2, 0.25) is 0 Å². The molecule has 0 fully saturated rings. The first-order valence-corrected chi connectivity index (χ1v) is 12.4. The smallest absolute Gasteiger partial charge is 0.253 e. The Bertz CT molecular complexity index is 1500. The van der Waals surface area contributed by atoms with Crippen LogP contribution in [0.4, 0.5) is 11.5 Å². The number of hydrogen-bond acceptors (Lipinski definition) is 5. The highest BCUT2D eigenvalue weighted by molar-refractivity contribution is 9.10. The number of carbonyl (C=O) groups excluding carboxylic acids is 1. The van der Waals surface area contributed by atoms with Gasteiger partial charge in [0, 0.05) is 54.8 Å². The molecular weight excluding hydrogens is 516 g/mol. The van der Waals surface area contributed by atoms with Gasteiger partial charge in [0.1, 0.15) is 5.82 Å². The topological polar surface area (TPSA) is 75.4 Å². The van der Waals surface area contributed by atoms with E-state index >= 15 is 0 Å². The molecule has 5 aromatic rings. The third-order valence-electron chi connectivity index (χ3n) is 5.94. The van der Waals surface area contributed by atoms with Crippen LogP contribution >= 0.6 is 15.9 Å². The predicted octanol–water partition coefficient (Wildman–Crippen LogP) is 5.92. The summed E-state index contributed by atoms with van der Waals surface area (Å²) in [5.41, 5.74) is 5.89. The van der Waals surface area contributed by atoms with E-state index in [0.717, 1.165) is 44.3 Å². The Labute approximate surface area is 218 Å². The van der Waals surface area contributed by atoms with Gasteiger partial charge in [-0.1, -0.05) is 36.4 Å². The number of amides is 1. The fourth-order valence-electron chi connectivity index (χ4n) is 3.94. The molecule has 0 atom stereocenters. The zero-order valence-electron chi connectivity index (χ0n) is 20.0. The zero-order valence-corrected chi connectivity index (χ0v) is 21.6. The van der Waals surface area contributed by atoms with Crippen molar-refractivity contribution in [3.05, 3.63) is 106 Å². The fraction of sp³-hybridized carbons (Fsp3) is 0.143. The number of halogens is 1. The maximum absolute atomic E-state index is 12.9. The van der Waals surface area contributed by atoms with Gasteiger partial charge in [-0.25, -0.2) is 4.98 Å². The Hall–Kier alpha value is -4.04. The summed E-state index contributed by atoms with van der Waals surface area (Å²) < 4.78 is 2.65. The van der Waals surface area contributed by atoms with Crippen LogP contribution in [-0.4, -0.2) is 44.0 Å². The average molecular weight is 541 g/mol. The monoisotopic (exact) mass is 540 g/mol. The lowest BCUT2D eigenvalue weighted by Gasteiger charge is -2.17. The highest BCUT2D eigenvalue weighted by Crippen LogP contribution is 2.29. The van der Waals surface area contributed by atoms with Crippen LogP contribution in [0.1, 0.15) is 21.7 Å². The Morgan fingerprint density at radius 2 is 1.78 bits per heavy atom. The van der Waals surface area contributed by atoms with Crippen LogP contribution in [0, 0.1) is 6.92 Å². The molecule has 3 heterocycles. The highest BCUT2D eigenvalue weighted by Gasteiger charge is 2.16. The van der Waals surface area contributed by atoms with Crippen LogP contribution in [0.15, 0.2) is 89.5 Å². The molecule has 0 bridgehead atoms. The minimum absolute atomic E-state index is 0.0261. The molecule has 5 rings (SSSR count). The lowest BCUT2D eigenvalue weighted by atomic mass is 10.1. The van der Waals surface area contributed by atoms with E-state index in [-0.39, 0.29) is 5.91 Å². The second-order valence-electron chi connectivity index (χ2n) is 8.53. The molecule has 0 radical (unpaired) electrons. The van der Waals surface area contributed by atoms with Gasteiger partial charge in [0.2, 0.25) is 0 Å². The van der Waals surface area contributed by atoms with Crippen LogP contribution in [-0.2, 0) is 6.42 Å². The van der Waals surface area contributed by atoms with E-state index in [2.05, 4.69) is 31.3 Å². The van der Waals surface area contributed by atoms with Gasteiger partial charge in [-0.3, -0.25) is 9.78 Å². The normalized spacial score (nSPS) is 11.0. The molecule has 1 N–H and O–H groups in total. The van der Waals surface area contributed by atoms with Crippen molar-refractivity contribution in [3.63, 3.8) is 0 Å².